The average molecular weight is 269 g/mol. The molecule has 1 heterocycles. The summed E-state index contributed by atoms with van der Waals surface area (Å²) in [6.45, 7) is 2.63. The third kappa shape index (κ3) is 3.23. The molecule has 1 aliphatic heterocycles. The van der Waals surface area contributed by atoms with E-state index >= 15 is 0 Å². The summed E-state index contributed by atoms with van der Waals surface area (Å²) in [4.78, 5) is 2.41. The highest BCUT2D eigenvalue weighted by atomic mass is 35.5. The van der Waals surface area contributed by atoms with E-state index in [1.54, 1.807) is 7.11 Å². The van der Waals surface area contributed by atoms with E-state index in [0.717, 1.165) is 31.0 Å². The van der Waals surface area contributed by atoms with Crippen LogP contribution >= 0.6 is 11.6 Å². The highest BCUT2D eigenvalue weighted by Gasteiger charge is 2.26. The topological polar surface area (TPSA) is 38.5 Å². The van der Waals surface area contributed by atoms with Gasteiger partial charge < -0.3 is 10.5 Å². The van der Waals surface area contributed by atoms with Crippen LogP contribution in [0.5, 0.6) is 0 Å². The molecule has 0 spiro atoms. The number of hydrogen-bond donors (Lipinski definition) is 1. The van der Waals surface area contributed by atoms with Gasteiger partial charge in [-0.05, 0) is 37.1 Å². The van der Waals surface area contributed by atoms with Gasteiger partial charge in [-0.25, -0.2) is 0 Å². The molecule has 1 aliphatic rings. The van der Waals surface area contributed by atoms with Crippen LogP contribution in [0.25, 0.3) is 0 Å². The second-order valence-corrected chi connectivity index (χ2v) is 5.24. The molecule has 0 saturated carbocycles. The number of piperidine rings is 1. The Balaban J connectivity index is 2.12. The maximum Gasteiger partial charge on any atom is 0.0698 e. The van der Waals surface area contributed by atoms with Gasteiger partial charge in [0, 0.05) is 31.3 Å². The fourth-order valence-electron chi connectivity index (χ4n) is 2.65. The maximum atomic E-state index is 6.06. The fourth-order valence-corrected chi connectivity index (χ4v) is 2.85. The van der Waals surface area contributed by atoms with Crippen LogP contribution in [-0.4, -0.2) is 37.7 Å². The average Bonchev–Trinajstić information content (AvgIpc) is 2.40. The van der Waals surface area contributed by atoms with E-state index in [4.69, 9.17) is 22.1 Å². The lowest BCUT2D eigenvalue weighted by Gasteiger charge is -2.37. The van der Waals surface area contributed by atoms with Crippen LogP contribution in [0, 0.1) is 0 Å². The van der Waals surface area contributed by atoms with Crippen LogP contribution in [0.15, 0.2) is 24.3 Å². The van der Waals surface area contributed by atoms with Crippen LogP contribution < -0.4 is 5.73 Å². The minimum Gasteiger partial charge on any atom is -0.380 e. The predicted molar refractivity (Wildman–Crippen MR) is 74.9 cm³/mol. The molecule has 2 unspecified atom stereocenters. The van der Waals surface area contributed by atoms with Gasteiger partial charge >= 0.3 is 0 Å². The van der Waals surface area contributed by atoms with Crippen molar-refractivity contribution in [1.82, 2.24) is 4.90 Å². The number of methoxy groups -OCH3 is 1. The lowest BCUT2D eigenvalue weighted by molar-refractivity contribution is 0.0155. The van der Waals surface area contributed by atoms with Crippen molar-refractivity contribution in [3.8, 4) is 0 Å². The van der Waals surface area contributed by atoms with Crippen molar-refractivity contribution in [2.75, 3.05) is 26.7 Å². The van der Waals surface area contributed by atoms with Gasteiger partial charge in [0.2, 0.25) is 0 Å². The Morgan fingerprint density at radius 3 is 3.06 bits per heavy atom. The third-order valence-electron chi connectivity index (χ3n) is 3.64. The van der Waals surface area contributed by atoms with E-state index in [1.165, 1.54) is 5.56 Å². The van der Waals surface area contributed by atoms with E-state index in [0.29, 0.717) is 12.6 Å². The number of hydrogen-bond acceptors (Lipinski definition) is 3. The lowest BCUT2D eigenvalue weighted by atomic mass is 10.0. The summed E-state index contributed by atoms with van der Waals surface area (Å²) in [5.74, 6) is 0. The first kappa shape index (κ1) is 13.8. The first-order chi connectivity index (χ1) is 8.74. The van der Waals surface area contributed by atoms with Gasteiger partial charge in [-0.3, -0.25) is 4.90 Å². The Morgan fingerprint density at radius 1 is 1.56 bits per heavy atom. The highest BCUT2D eigenvalue weighted by molar-refractivity contribution is 6.30. The van der Waals surface area contributed by atoms with Gasteiger partial charge in [-0.1, -0.05) is 23.7 Å². The molecule has 100 valence electrons. The summed E-state index contributed by atoms with van der Waals surface area (Å²) in [6, 6.07) is 8.22. The Labute approximate surface area is 114 Å². The Bertz CT molecular complexity index is 386. The molecule has 1 aromatic rings. The van der Waals surface area contributed by atoms with Crippen molar-refractivity contribution >= 4 is 11.6 Å². The molecule has 4 heteroatoms. The largest absolute Gasteiger partial charge is 0.380 e. The van der Waals surface area contributed by atoms with E-state index in [-0.39, 0.29) is 6.04 Å². The van der Waals surface area contributed by atoms with E-state index in [1.807, 2.05) is 18.2 Å². The van der Waals surface area contributed by atoms with Crippen molar-refractivity contribution in [2.45, 2.75) is 25.0 Å². The molecule has 0 amide bonds. The fraction of sp³-hybridized carbons (Fsp3) is 0.571. The zero-order valence-corrected chi connectivity index (χ0v) is 11.6. The second kappa shape index (κ2) is 6.53. The standard InChI is InChI=1S/C14H21ClN2O/c1-18-13-6-3-7-17(10-13)14(9-16)11-4-2-5-12(15)8-11/h2,4-5,8,13-14H,3,6-7,9-10,16H2,1H3. The number of nitrogens with two attached hydrogens (primary N) is 1. The Morgan fingerprint density at radius 2 is 2.39 bits per heavy atom. The summed E-state index contributed by atoms with van der Waals surface area (Å²) in [5.41, 5.74) is 7.14. The molecular formula is C14H21ClN2O. The molecule has 1 saturated heterocycles. The molecule has 0 aromatic heterocycles. The minimum absolute atomic E-state index is 0.238. The molecule has 0 aliphatic carbocycles. The third-order valence-corrected chi connectivity index (χ3v) is 3.88. The number of benzene rings is 1. The van der Waals surface area contributed by atoms with Gasteiger partial charge in [-0.2, -0.15) is 0 Å². The number of ether oxygens (including phenoxy) is 1. The predicted octanol–water partition coefficient (Wildman–Crippen LogP) is 2.45. The monoisotopic (exact) mass is 268 g/mol. The van der Waals surface area contributed by atoms with Crippen LogP contribution in [0.4, 0.5) is 0 Å². The number of halogens is 1. The van der Waals surface area contributed by atoms with E-state index < -0.39 is 0 Å². The van der Waals surface area contributed by atoms with Crippen molar-refractivity contribution in [3.05, 3.63) is 34.9 Å². The molecule has 0 radical (unpaired) electrons. The molecule has 0 bridgehead atoms. The Hall–Kier alpha value is -0.610. The highest BCUT2D eigenvalue weighted by Crippen LogP contribution is 2.26. The zero-order chi connectivity index (χ0) is 13.0. The first-order valence-corrected chi connectivity index (χ1v) is 6.84. The van der Waals surface area contributed by atoms with E-state index in [2.05, 4.69) is 11.0 Å². The number of likely N-dealkylation sites (tertiary alicyclic amines) is 1. The van der Waals surface area contributed by atoms with Crippen LogP contribution in [-0.2, 0) is 4.74 Å². The zero-order valence-electron chi connectivity index (χ0n) is 10.8. The van der Waals surface area contributed by atoms with Gasteiger partial charge in [0.1, 0.15) is 0 Å². The molecule has 2 rings (SSSR count). The van der Waals surface area contributed by atoms with Crippen LogP contribution in [0.2, 0.25) is 5.02 Å². The van der Waals surface area contributed by atoms with Crippen molar-refractivity contribution in [3.63, 3.8) is 0 Å². The SMILES string of the molecule is COC1CCCN(C(CN)c2cccc(Cl)c2)C1. The number of nitrogens with zero attached hydrogens (tertiary/aromatic N) is 1. The summed E-state index contributed by atoms with van der Waals surface area (Å²) in [5, 5.41) is 0.770. The Kier molecular flexibility index (Phi) is 5.01. The summed E-state index contributed by atoms with van der Waals surface area (Å²) >= 11 is 6.06. The molecule has 3 nitrogen and oxygen atoms in total. The smallest absolute Gasteiger partial charge is 0.0698 e. The van der Waals surface area contributed by atoms with Crippen molar-refractivity contribution in [2.24, 2.45) is 5.73 Å². The molecule has 18 heavy (non-hydrogen) atoms. The van der Waals surface area contributed by atoms with E-state index in [9.17, 15) is 0 Å². The summed E-state index contributed by atoms with van der Waals surface area (Å²) < 4.78 is 5.47. The molecule has 2 N–H and O–H groups in total. The summed E-state index contributed by atoms with van der Waals surface area (Å²) in [6.07, 6.45) is 2.63. The van der Waals surface area contributed by atoms with Crippen LogP contribution in [0.1, 0.15) is 24.4 Å². The van der Waals surface area contributed by atoms with Crippen molar-refractivity contribution < 1.29 is 4.74 Å². The minimum atomic E-state index is 0.238. The second-order valence-electron chi connectivity index (χ2n) is 4.80. The quantitative estimate of drug-likeness (QED) is 0.912. The summed E-state index contributed by atoms with van der Waals surface area (Å²) in [7, 11) is 1.78. The first-order valence-electron chi connectivity index (χ1n) is 6.47. The molecule has 1 fully saturated rings. The van der Waals surface area contributed by atoms with Gasteiger partial charge in [-0.15, -0.1) is 0 Å². The number of rotatable bonds is 4. The maximum absolute atomic E-state index is 6.06. The normalized spacial score (nSPS) is 22.9. The van der Waals surface area contributed by atoms with Gasteiger partial charge in [0.05, 0.1) is 6.10 Å². The molecular weight excluding hydrogens is 248 g/mol. The molecule has 1 aromatic carbocycles. The van der Waals surface area contributed by atoms with Crippen LogP contribution in [0.3, 0.4) is 0 Å². The molecule has 2 atom stereocenters. The van der Waals surface area contributed by atoms with Gasteiger partial charge in [0.25, 0.3) is 0 Å². The lowest BCUT2D eigenvalue weighted by Crippen LogP contribution is -2.43. The van der Waals surface area contributed by atoms with Gasteiger partial charge in [0.15, 0.2) is 0 Å². The van der Waals surface area contributed by atoms with Crippen molar-refractivity contribution in [1.29, 1.82) is 0 Å².